The average molecular weight is 228 g/mol. The van der Waals surface area contributed by atoms with Crippen LogP contribution in [0.1, 0.15) is 51.9 Å². The number of para-hydroxylation sites is 2. The Kier molecular flexibility index (Phi) is 2.90. The van der Waals surface area contributed by atoms with Crippen LogP contribution in [0.25, 0.3) is 11.0 Å². The van der Waals surface area contributed by atoms with Crippen LogP contribution in [0.5, 0.6) is 0 Å². The largest absolute Gasteiger partial charge is 0.249 e. The van der Waals surface area contributed by atoms with Gasteiger partial charge in [-0.2, -0.15) is 0 Å². The molecule has 2 heteroatoms. The normalized spacial score (nSPS) is 12.4. The molecular formula is C15H20N2. The molecule has 0 saturated carbocycles. The summed E-state index contributed by atoms with van der Waals surface area (Å²) >= 11 is 0. The van der Waals surface area contributed by atoms with Crippen LogP contribution in [0.15, 0.2) is 24.3 Å². The van der Waals surface area contributed by atoms with E-state index in [9.17, 15) is 0 Å². The fourth-order valence-corrected chi connectivity index (χ4v) is 1.97. The molecule has 2 rings (SSSR count). The number of hydrogen-bond acceptors (Lipinski definition) is 2. The van der Waals surface area contributed by atoms with E-state index in [1.807, 2.05) is 24.3 Å². The van der Waals surface area contributed by atoms with Gasteiger partial charge in [0.05, 0.1) is 22.4 Å². The van der Waals surface area contributed by atoms with Crippen LogP contribution in [-0.4, -0.2) is 9.97 Å². The summed E-state index contributed by atoms with van der Waals surface area (Å²) in [5.41, 5.74) is 4.25. The molecule has 90 valence electrons. The molecule has 0 saturated heterocycles. The van der Waals surface area contributed by atoms with Crippen molar-refractivity contribution in [3.05, 3.63) is 35.7 Å². The molecule has 0 spiro atoms. The molecule has 0 radical (unpaired) electrons. The minimum absolute atomic E-state index is 0.0383. The van der Waals surface area contributed by atoms with Crippen molar-refractivity contribution in [2.75, 3.05) is 0 Å². The van der Waals surface area contributed by atoms with E-state index >= 15 is 0 Å². The molecular weight excluding hydrogens is 208 g/mol. The Morgan fingerprint density at radius 1 is 0.941 bits per heavy atom. The van der Waals surface area contributed by atoms with Crippen LogP contribution in [0, 0.1) is 0 Å². The molecule has 0 fully saturated rings. The van der Waals surface area contributed by atoms with E-state index in [0.29, 0.717) is 5.92 Å². The number of aromatic nitrogens is 2. The molecule has 0 unspecified atom stereocenters. The Hall–Kier alpha value is -1.44. The van der Waals surface area contributed by atoms with E-state index in [0.717, 1.165) is 22.4 Å². The lowest BCUT2D eigenvalue weighted by molar-refractivity contribution is 0.551. The Bertz CT molecular complexity index is 536. The first-order valence-electron chi connectivity index (χ1n) is 6.17. The third-order valence-corrected chi connectivity index (χ3v) is 2.85. The first-order valence-corrected chi connectivity index (χ1v) is 6.17. The van der Waals surface area contributed by atoms with Crippen LogP contribution in [0.4, 0.5) is 0 Å². The predicted molar refractivity (Wildman–Crippen MR) is 72.3 cm³/mol. The van der Waals surface area contributed by atoms with Gasteiger partial charge in [0.2, 0.25) is 0 Å². The molecule has 0 aliphatic heterocycles. The van der Waals surface area contributed by atoms with Crippen molar-refractivity contribution < 1.29 is 0 Å². The van der Waals surface area contributed by atoms with Gasteiger partial charge in [-0.3, -0.25) is 0 Å². The van der Waals surface area contributed by atoms with E-state index in [1.165, 1.54) is 0 Å². The maximum absolute atomic E-state index is 4.81. The second kappa shape index (κ2) is 4.10. The zero-order valence-electron chi connectivity index (χ0n) is 11.3. The third kappa shape index (κ3) is 2.31. The molecule has 0 N–H and O–H groups in total. The lowest BCUT2D eigenvalue weighted by Gasteiger charge is -2.23. The van der Waals surface area contributed by atoms with Gasteiger partial charge in [-0.25, -0.2) is 9.97 Å². The quantitative estimate of drug-likeness (QED) is 0.736. The SMILES string of the molecule is CC(C)c1nc2ccccc2nc1C(C)(C)C. The summed E-state index contributed by atoms with van der Waals surface area (Å²) in [6.45, 7) is 10.9. The van der Waals surface area contributed by atoms with Crippen LogP contribution in [0.2, 0.25) is 0 Å². The van der Waals surface area contributed by atoms with Gasteiger partial charge in [-0.05, 0) is 18.1 Å². The highest BCUT2D eigenvalue weighted by molar-refractivity contribution is 5.74. The molecule has 0 atom stereocenters. The number of hydrogen-bond donors (Lipinski definition) is 0. The third-order valence-electron chi connectivity index (χ3n) is 2.85. The Morgan fingerprint density at radius 2 is 1.47 bits per heavy atom. The zero-order valence-corrected chi connectivity index (χ0v) is 11.3. The standard InChI is InChI=1S/C15H20N2/c1-10(2)13-14(15(3,4)5)17-12-9-7-6-8-11(12)16-13/h6-10H,1-5H3. The highest BCUT2D eigenvalue weighted by Crippen LogP contribution is 2.29. The number of nitrogens with zero attached hydrogens (tertiary/aromatic N) is 2. The molecule has 0 aliphatic carbocycles. The molecule has 17 heavy (non-hydrogen) atoms. The fourth-order valence-electron chi connectivity index (χ4n) is 1.97. The van der Waals surface area contributed by atoms with E-state index in [1.54, 1.807) is 0 Å². The molecule has 0 aliphatic rings. The van der Waals surface area contributed by atoms with Crippen molar-refractivity contribution >= 4 is 11.0 Å². The van der Waals surface area contributed by atoms with Crippen molar-refractivity contribution in [1.29, 1.82) is 0 Å². The molecule has 2 aromatic rings. The maximum Gasteiger partial charge on any atom is 0.0890 e. The molecule has 1 aromatic heterocycles. The second-order valence-corrected chi connectivity index (χ2v) is 5.85. The highest BCUT2D eigenvalue weighted by Gasteiger charge is 2.23. The minimum atomic E-state index is 0.0383. The monoisotopic (exact) mass is 228 g/mol. The minimum Gasteiger partial charge on any atom is -0.249 e. The summed E-state index contributed by atoms with van der Waals surface area (Å²) in [5.74, 6) is 0.404. The summed E-state index contributed by atoms with van der Waals surface area (Å²) < 4.78 is 0. The summed E-state index contributed by atoms with van der Waals surface area (Å²) in [5, 5.41) is 0. The number of benzene rings is 1. The lowest BCUT2D eigenvalue weighted by atomic mass is 9.87. The van der Waals surface area contributed by atoms with Crippen molar-refractivity contribution in [1.82, 2.24) is 9.97 Å². The van der Waals surface area contributed by atoms with E-state index < -0.39 is 0 Å². The van der Waals surface area contributed by atoms with Crippen LogP contribution < -0.4 is 0 Å². The molecule has 0 amide bonds. The van der Waals surface area contributed by atoms with Gasteiger partial charge >= 0.3 is 0 Å². The van der Waals surface area contributed by atoms with Gasteiger partial charge in [-0.1, -0.05) is 46.8 Å². The first-order chi connectivity index (χ1) is 7.89. The topological polar surface area (TPSA) is 25.8 Å². The highest BCUT2D eigenvalue weighted by atomic mass is 14.8. The molecule has 2 nitrogen and oxygen atoms in total. The summed E-state index contributed by atoms with van der Waals surface area (Å²) in [6, 6.07) is 8.08. The Labute approximate surface area is 103 Å². The first kappa shape index (κ1) is 12.0. The zero-order chi connectivity index (χ0) is 12.6. The van der Waals surface area contributed by atoms with Crippen LogP contribution >= 0.6 is 0 Å². The van der Waals surface area contributed by atoms with E-state index in [-0.39, 0.29) is 5.41 Å². The van der Waals surface area contributed by atoms with Crippen molar-refractivity contribution in [3.8, 4) is 0 Å². The maximum atomic E-state index is 4.81. The van der Waals surface area contributed by atoms with Gasteiger partial charge in [-0.15, -0.1) is 0 Å². The van der Waals surface area contributed by atoms with Gasteiger partial charge in [0, 0.05) is 5.41 Å². The van der Waals surface area contributed by atoms with Crippen LogP contribution in [-0.2, 0) is 5.41 Å². The fraction of sp³-hybridized carbons (Fsp3) is 0.467. The van der Waals surface area contributed by atoms with Gasteiger partial charge < -0.3 is 0 Å². The van der Waals surface area contributed by atoms with Gasteiger partial charge in [0.25, 0.3) is 0 Å². The van der Waals surface area contributed by atoms with Crippen LogP contribution in [0.3, 0.4) is 0 Å². The van der Waals surface area contributed by atoms with Crippen molar-refractivity contribution in [2.24, 2.45) is 0 Å². The number of rotatable bonds is 1. The lowest BCUT2D eigenvalue weighted by Crippen LogP contribution is -2.18. The van der Waals surface area contributed by atoms with Gasteiger partial charge in [0.15, 0.2) is 0 Å². The summed E-state index contributed by atoms with van der Waals surface area (Å²) in [7, 11) is 0. The number of fused-ring (bicyclic) bond motifs is 1. The Morgan fingerprint density at radius 3 is 1.94 bits per heavy atom. The average Bonchev–Trinajstić information content (AvgIpc) is 2.26. The van der Waals surface area contributed by atoms with Gasteiger partial charge in [0.1, 0.15) is 0 Å². The smallest absolute Gasteiger partial charge is 0.0890 e. The van der Waals surface area contributed by atoms with Crippen molar-refractivity contribution in [2.45, 2.75) is 46.0 Å². The van der Waals surface area contributed by atoms with E-state index in [4.69, 9.17) is 9.97 Å². The Balaban J connectivity index is 2.75. The van der Waals surface area contributed by atoms with Crippen molar-refractivity contribution in [3.63, 3.8) is 0 Å². The molecule has 1 heterocycles. The predicted octanol–water partition coefficient (Wildman–Crippen LogP) is 4.05. The second-order valence-electron chi connectivity index (χ2n) is 5.85. The summed E-state index contributed by atoms with van der Waals surface area (Å²) in [6.07, 6.45) is 0. The molecule has 0 bridgehead atoms. The molecule has 1 aromatic carbocycles. The van der Waals surface area contributed by atoms with E-state index in [2.05, 4.69) is 34.6 Å². The summed E-state index contributed by atoms with van der Waals surface area (Å²) in [4.78, 5) is 9.58.